The van der Waals surface area contributed by atoms with Crippen molar-refractivity contribution in [2.45, 2.75) is 26.8 Å². The second kappa shape index (κ2) is 5.57. The molecule has 3 aromatic rings. The van der Waals surface area contributed by atoms with Gasteiger partial charge in [0.05, 0.1) is 6.54 Å². The van der Waals surface area contributed by atoms with Gasteiger partial charge in [-0.1, -0.05) is 49.4 Å². The normalized spacial score (nSPS) is 11.0. The molecule has 0 atom stereocenters. The van der Waals surface area contributed by atoms with Crippen LogP contribution in [0.5, 0.6) is 0 Å². The van der Waals surface area contributed by atoms with Gasteiger partial charge in [-0.05, 0) is 30.5 Å². The Morgan fingerprint density at radius 3 is 2.48 bits per heavy atom. The molecular formula is C19H19NO. The van der Waals surface area contributed by atoms with Crippen LogP contribution in [0, 0.1) is 6.92 Å². The van der Waals surface area contributed by atoms with Crippen molar-refractivity contribution in [3.05, 3.63) is 71.4 Å². The SMILES string of the molecule is CCc1ccc(C(=O)Cn2cc(C)c3ccccc32)cc1. The van der Waals surface area contributed by atoms with Crippen LogP contribution in [-0.4, -0.2) is 10.4 Å². The monoisotopic (exact) mass is 277 g/mol. The van der Waals surface area contributed by atoms with E-state index in [1.54, 1.807) is 0 Å². The number of hydrogen-bond donors (Lipinski definition) is 0. The second-order valence-electron chi connectivity index (χ2n) is 5.43. The van der Waals surface area contributed by atoms with Crippen molar-refractivity contribution in [1.29, 1.82) is 0 Å². The molecule has 0 fully saturated rings. The van der Waals surface area contributed by atoms with Crippen LogP contribution in [0.25, 0.3) is 10.9 Å². The average molecular weight is 277 g/mol. The summed E-state index contributed by atoms with van der Waals surface area (Å²) < 4.78 is 2.04. The fourth-order valence-electron chi connectivity index (χ4n) is 2.73. The predicted molar refractivity (Wildman–Crippen MR) is 86.8 cm³/mol. The third-order valence-electron chi connectivity index (χ3n) is 3.99. The molecule has 2 aromatic carbocycles. The number of aryl methyl sites for hydroxylation is 2. The highest BCUT2D eigenvalue weighted by Gasteiger charge is 2.10. The summed E-state index contributed by atoms with van der Waals surface area (Å²) in [6.07, 6.45) is 3.05. The number of aromatic nitrogens is 1. The highest BCUT2D eigenvalue weighted by atomic mass is 16.1. The van der Waals surface area contributed by atoms with E-state index in [0.29, 0.717) is 6.54 Å². The van der Waals surface area contributed by atoms with E-state index in [1.165, 1.54) is 16.5 Å². The number of fused-ring (bicyclic) bond motifs is 1. The van der Waals surface area contributed by atoms with Crippen LogP contribution in [0.15, 0.2) is 54.7 Å². The Kier molecular flexibility index (Phi) is 3.61. The van der Waals surface area contributed by atoms with E-state index in [-0.39, 0.29) is 5.78 Å². The molecule has 0 N–H and O–H groups in total. The van der Waals surface area contributed by atoms with Gasteiger partial charge in [-0.2, -0.15) is 0 Å². The van der Waals surface area contributed by atoms with Gasteiger partial charge in [0.2, 0.25) is 0 Å². The molecule has 0 saturated carbocycles. The Hall–Kier alpha value is -2.35. The standard InChI is InChI=1S/C19H19NO/c1-3-15-8-10-16(11-9-15)19(21)13-20-12-14(2)17-6-4-5-7-18(17)20/h4-12H,3,13H2,1-2H3. The summed E-state index contributed by atoms with van der Waals surface area (Å²) in [5, 5.41) is 1.21. The molecule has 1 aromatic heterocycles. The van der Waals surface area contributed by atoms with E-state index in [0.717, 1.165) is 17.5 Å². The second-order valence-corrected chi connectivity index (χ2v) is 5.43. The molecule has 2 nitrogen and oxygen atoms in total. The van der Waals surface area contributed by atoms with Gasteiger partial charge in [-0.3, -0.25) is 4.79 Å². The van der Waals surface area contributed by atoms with Crippen molar-refractivity contribution in [1.82, 2.24) is 4.57 Å². The number of para-hydroxylation sites is 1. The van der Waals surface area contributed by atoms with Crippen molar-refractivity contribution < 1.29 is 4.79 Å². The zero-order valence-corrected chi connectivity index (χ0v) is 12.5. The molecule has 0 saturated heterocycles. The average Bonchev–Trinajstić information content (AvgIpc) is 2.84. The van der Waals surface area contributed by atoms with Gasteiger partial charge in [-0.15, -0.1) is 0 Å². The summed E-state index contributed by atoms with van der Waals surface area (Å²) in [5.74, 6) is 0.151. The lowest BCUT2D eigenvalue weighted by Gasteiger charge is -2.05. The van der Waals surface area contributed by atoms with E-state index < -0.39 is 0 Å². The van der Waals surface area contributed by atoms with Gasteiger partial charge < -0.3 is 4.57 Å². The number of rotatable bonds is 4. The minimum atomic E-state index is 0.151. The Bertz CT molecular complexity index is 781. The topological polar surface area (TPSA) is 22.0 Å². The summed E-state index contributed by atoms with van der Waals surface area (Å²) in [6, 6.07) is 16.1. The molecule has 0 amide bonds. The van der Waals surface area contributed by atoms with Crippen LogP contribution < -0.4 is 0 Å². The Balaban J connectivity index is 1.89. The highest BCUT2D eigenvalue weighted by Crippen LogP contribution is 2.20. The van der Waals surface area contributed by atoms with Crippen molar-refractivity contribution >= 4 is 16.7 Å². The lowest BCUT2D eigenvalue weighted by Crippen LogP contribution is -2.09. The Morgan fingerprint density at radius 2 is 1.76 bits per heavy atom. The zero-order valence-electron chi connectivity index (χ0n) is 12.5. The van der Waals surface area contributed by atoms with Crippen LogP contribution in [0.4, 0.5) is 0 Å². The molecule has 2 heteroatoms. The summed E-state index contributed by atoms with van der Waals surface area (Å²) in [4.78, 5) is 12.4. The number of ketones is 1. The van der Waals surface area contributed by atoms with E-state index >= 15 is 0 Å². The minimum absolute atomic E-state index is 0.151. The van der Waals surface area contributed by atoms with Gasteiger partial charge in [0.15, 0.2) is 5.78 Å². The Labute approximate surface area is 125 Å². The fraction of sp³-hybridized carbons (Fsp3) is 0.211. The van der Waals surface area contributed by atoms with Crippen LogP contribution in [0.3, 0.4) is 0 Å². The molecule has 21 heavy (non-hydrogen) atoms. The summed E-state index contributed by atoms with van der Waals surface area (Å²) in [5.41, 5.74) is 4.37. The van der Waals surface area contributed by atoms with E-state index in [4.69, 9.17) is 0 Å². The lowest BCUT2D eigenvalue weighted by molar-refractivity contribution is 0.0973. The van der Waals surface area contributed by atoms with Gasteiger partial charge in [0.25, 0.3) is 0 Å². The number of nitrogens with zero attached hydrogens (tertiary/aromatic N) is 1. The highest BCUT2D eigenvalue weighted by molar-refractivity contribution is 5.97. The third kappa shape index (κ3) is 2.62. The molecule has 0 bridgehead atoms. The van der Waals surface area contributed by atoms with E-state index in [2.05, 4.69) is 32.2 Å². The van der Waals surface area contributed by atoms with Gasteiger partial charge in [0.1, 0.15) is 0 Å². The first-order valence-corrected chi connectivity index (χ1v) is 7.35. The molecule has 0 spiro atoms. The van der Waals surface area contributed by atoms with Crippen LogP contribution in [0.2, 0.25) is 0 Å². The van der Waals surface area contributed by atoms with Crippen molar-refractivity contribution in [2.24, 2.45) is 0 Å². The molecule has 1 heterocycles. The number of Topliss-reactive ketones (excluding diaryl/α,β-unsaturated/α-hetero) is 1. The number of benzene rings is 2. The maximum Gasteiger partial charge on any atom is 0.182 e. The number of carbonyl (C=O) groups excluding carboxylic acids is 1. The number of hydrogen-bond acceptors (Lipinski definition) is 1. The van der Waals surface area contributed by atoms with Gasteiger partial charge >= 0.3 is 0 Å². The first-order valence-electron chi connectivity index (χ1n) is 7.35. The summed E-state index contributed by atoms with van der Waals surface area (Å²) in [7, 11) is 0. The molecule has 0 unspecified atom stereocenters. The van der Waals surface area contributed by atoms with Crippen LogP contribution in [0.1, 0.15) is 28.4 Å². The molecule has 0 aliphatic heterocycles. The smallest absolute Gasteiger partial charge is 0.182 e. The lowest BCUT2D eigenvalue weighted by atomic mass is 10.1. The first kappa shape index (κ1) is 13.6. The minimum Gasteiger partial charge on any atom is -0.339 e. The summed E-state index contributed by atoms with van der Waals surface area (Å²) >= 11 is 0. The van der Waals surface area contributed by atoms with Crippen LogP contribution in [-0.2, 0) is 13.0 Å². The van der Waals surface area contributed by atoms with Crippen molar-refractivity contribution in [3.8, 4) is 0 Å². The maximum atomic E-state index is 12.4. The zero-order chi connectivity index (χ0) is 14.8. The maximum absolute atomic E-state index is 12.4. The molecule has 0 radical (unpaired) electrons. The predicted octanol–water partition coefficient (Wildman–Crippen LogP) is 4.40. The fourth-order valence-corrected chi connectivity index (χ4v) is 2.73. The van der Waals surface area contributed by atoms with Gasteiger partial charge in [-0.25, -0.2) is 0 Å². The third-order valence-corrected chi connectivity index (χ3v) is 3.99. The molecule has 3 rings (SSSR count). The number of carbonyl (C=O) groups is 1. The van der Waals surface area contributed by atoms with Crippen molar-refractivity contribution in [2.75, 3.05) is 0 Å². The van der Waals surface area contributed by atoms with E-state index in [9.17, 15) is 4.79 Å². The molecule has 106 valence electrons. The Morgan fingerprint density at radius 1 is 1.05 bits per heavy atom. The quantitative estimate of drug-likeness (QED) is 0.648. The summed E-state index contributed by atoms with van der Waals surface area (Å²) in [6.45, 7) is 4.59. The van der Waals surface area contributed by atoms with E-state index in [1.807, 2.05) is 41.0 Å². The van der Waals surface area contributed by atoms with Gasteiger partial charge in [0, 0.05) is 22.7 Å². The first-order chi connectivity index (χ1) is 10.2. The molecule has 0 aliphatic carbocycles. The molecule has 0 aliphatic rings. The van der Waals surface area contributed by atoms with Crippen LogP contribution >= 0.6 is 0 Å². The largest absolute Gasteiger partial charge is 0.339 e. The van der Waals surface area contributed by atoms with Crippen molar-refractivity contribution in [3.63, 3.8) is 0 Å². The molecular weight excluding hydrogens is 258 g/mol.